The van der Waals surface area contributed by atoms with E-state index in [1.165, 1.54) is 0 Å². The molecule has 6 heteroatoms. The predicted molar refractivity (Wildman–Crippen MR) is 76.9 cm³/mol. The number of carbonyl (C=O) groups excluding carboxylic acids is 1. The fourth-order valence-electron chi connectivity index (χ4n) is 2.68. The van der Waals surface area contributed by atoms with Gasteiger partial charge in [-0.25, -0.2) is 0 Å². The Morgan fingerprint density at radius 1 is 1.40 bits per heavy atom. The molecule has 0 spiro atoms. The van der Waals surface area contributed by atoms with Crippen LogP contribution in [0.4, 0.5) is 5.69 Å². The van der Waals surface area contributed by atoms with E-state index in [0.29, 0.717) is 11.6 Å². The van der Waals surface area contributed by atoms with Gasteiger partial charge in [-0.3, -0.25) is 9.59 Å². The lowest BCUT2D eigenvalue weighted by Gasteiger charge is -2.17. The largest absolute Gasteiger partial charge is 0.481 e. The SMILES string of the molecule is NC(=O)c1ccc(NCC2CCCC2C(=O)O)cc1Cl. The summed E-state index contributed by atoms with van der Waals surface area (Å²) in [4.78, 5) is 22.2. The Labute approximate surface area is 122 Å². The number of amides is 1. The second-order valence-corrected chi connectivity index (χ2v) is 5.48. The fraction of sp³-hybridized carbons (Fsp3) is 0.429. The lowest BCUT2D eigenvalue weighted by Crippen LogP contribution is -2.24. The van der Waals surface area contributed by atoms with Crippen LogP contribution in [0, 0.1) is 11.8 Å². The highest BCUT2D eigenvalue weighted by atomic mass is 35.5. The molecule has 20 heavy (non-hydrogen) atoms. The van der Waals surface area contributed by atoms with Gasteiger partial charge in [0.1, 0.15) is 0 Å². The molecule has 1 amide bonds. The van der Waals surface area contributed by atoms with E-state index in [4.69, 9.17) is 22.4 Å². The van der Waals surface area contributed by atoms with E-state index in [9.17, 15) is 9.59 Å². The van der Waals surface area contributed by atoms with Crippen molar-refractivity contribution in [2.75, 3.05) is 11.9 Å². The topological polar surface area (TPSA) is 92.4 Å². The van der Waals surface area contributed by atoms with Gasteiger partial charge in [-0.2, -0.15) is 0 Å². The van der Waals surface area contributed by atoms with Gasteiger partial charge in [0.25, 0.3) is 0 Å². The van der Waals surface area contributed by atoms with Gasteiger partial charge >= 0.3 is 5.97 Å². The van der Waals surface area contributed by atoms with Crippen molar-refractivity contribution in [2.45, 2.75) is 19.3 Å². The van der Waals surface area contributed by atoms with E-state index in [1.807, 2.05) is 0 Å². The molecular weight excluding hydrogens is 280 g/mol. The Balaban J connectivity index is 1.99. The third kappa shape index (κ3) is 3.22. The minimum Gasteiger partial charge on any atom is -0.481 e. The van der Waals surface area contributed by atoms with Crippen molar-refractivity contribution in [2.24, 2.45) is 17.6 Å². The molecule has 2 rings (SSSR count). The van der Waals surface area contributed by atoms with Gasteiger partial charge in [-0.15, -0.1) is 0 Å². The first-order valence-corrected chi connectivity index (χ1v) is 6.93. The van der Waals surface area contributed by atoms with Crippen LogP contribution in [0.5, 0.6) is 0 Å². The van der Waals surface area contributed by atoms with Crippen LogP contribution in [0.3, 0.4) is 0 Å². The Bertz CT molecular complexity index is 533. The summed E-state index contributed by atoms with van der Waals surface area (Å²) in [6.07, 6.45) is 2.60. The summed E-state index contributed by atoms with van der Waals surface area (Å²) in [5.74, 6) is -1.44. The van der Waals surface area contributed by atoms with Crippen molar-refractivity contribution in [1.82, 2.24) is 0 Å². The van der Waals surface area contributed by atoms with Crippen LogP contribution < -0.4 is 11.1 Å². The molecule has 0 saturated heterocycles. The van der Waals surface area contributed by atoms with Crippen molar-refractivity contribution >= 4 is 29.2 Å². The third-order valence-corrected chi connectivity index (χ3v) is 4.09. The molecule has 1 aromatic carbocycles. The average Bonchev–Trinajstić information content (AvgIpc) is 2.84. The number of carboxylic acids is 1. The molecule has 0 aromatic heterocycles. The summed E-state index contributed by atoms with van der Waals surface area (Å²) in [5, 5.41) is 12.6. The van der Waals surface area contributed by atoms with Crippen LogP contribution >= 0.6 is 11.6 Å². The molecule has 2 atom stereocenters. The Morgan fingerprint density at radius 2 is 2.15 bits per heavy atom. The van der Waals surface area contributed by atoms with Crippen LogP contribution in [0.15, 0.2) is 18.2 Å². The molecule has 1 aliphatic carbocycles. The van der Waals surface area contributed by atoms with Crippen molar-refractivity contribution in [3.8, 4) is 0 Å². The van der Waals surface area contributed by atoms with Gasteiger partial charge in [-0.05, 0) is 37.0 Å². The molecule has 0 radical (unpaired) electrons. The van der Waals surface area contributed by atoms with E-state index in [1.54, 1.807) is 18.2 Å². The number of rotatable bonds is 5. The zero-order chi connectivity index (χ0) is 14.7. The van der Waals surface area contributed by atoms with Crippen LogP contribution in [0.2, 0.25) is 5.02 Å². The summed E-state index contributed by atoms with van der Waals surface area (Å²) in [6.45, 7) is 0.587. The van der Waals surface area contributed by atoms with E-state index >= 15 is 0 Å². The van der Waals surface area contributed by atoms with E-state index in [2.05, 4.69) is 5.32 Å². The van der Waals surface area contributed by atoms with Gasteiger partial charge in [-0.1, -0.05) is 18.0 Å². The maximum absolute atomic E-state index is 11.1. The molecule has 0 bridgehead atoms. The average molecular weight is 297 g/mol. The van der Waals surface area contributed by atoms with Gasteiger partial charge in [0.15, 0.2) is 0 Å². The second-order valence-electron chi connectivity index (χ2n) is 5.08. The summed E-state index contributed by atoms with van der Waals surface area (Å²) in [6, 6.07) is 4.92. The van der Waals surface area contributed by atoms with E-state index < -0.39 is 11.9 Å². The molecule has 5 nitrogen and oxygen atoms in total. The predicted octanol–water partition coefficient (Wildman–Crippen LogP) is 2.35. The van der Waals surface area contributed by atoms with Gasteiger partial charge < -0.3 is 16.2 Å². The summed E-state index contributed by atoms with van der Waals surface area (Å²) < 4.78 is 0. The Hall–Kier alpha value is -1.75. The van der Waals surface area contributed by atoms with Gasteiger partial charge in [0.05, 0.1) is 16.5 Å². The summed E-state index contributed by atoms with van der Waals surface area (Å²) in [5.41, 5.74) is 6.22. The number of hydrogen-bond acceptors (Lipinski definition) is 3. The quantitative estimate of drug-likeness (QED) is 0.777. The number of carboxylic acid groups (broad SMARTS) is 1. The highest BCUT2D eigenvalue weighted by molar-refractivity contribution is 6.34. The number of primary amides is 1. The number of halogens is 1. The van der Waals surface area contributed by atoms with Gasteiger partial charge in [0, 0.05) is 12.2 Å². The maximum atomic E-state index is 11.1. The fourth-order valence-corrected chi connectivity index (χ4v) is 2.95. The Kier molecular flexibility index (Phi) is 4.49. The molecule has 1 fully saturated rings. The van der Waals surface area contributed by atoms with Crippen LogP contribution in [-0.4, -0.2) is 23.5 Å². The van der Waals surface area contributed by atoms with Gasteiger partial charge in [0.2, 0.25) is 5.91 Å². The highest BCUT2D eigenvalue weighted by Crippen LogP contribution is 2.32. The third-order valence-electron chi connectivity index (χ3n) is 3.78. The minimum atomic E-state index is -0.726. The molecule has 108 valence electrons. The number of hydrogen-bond donors (Lipinski definition) is 3. The number of aliphatic carboxylic acids is 1. The second kappa shape index (κ2) is 6.13. The Morgan fingerprint density at radius 3 is 2.75 bits per heavy atom. The van der Waals surface area contributed by atoms with Crippen molar-refractivity contribution in [3.63, 3.8) is 0 Å². The molecule has 0 aliphatic heterocycles. The van der Waals surface area contributed by atoms with Crippen LogP contribution in [0.25, 0.3) is 0 Å². The number of nitrogens with one attached hydrogen (secondary N) is 1. The van der Waals surface area contributed by atoms with Crippen molar-refractivity contribution in [1.29, 1.82) is 0 Å². The number of nitrogens with two attached hydrogens (primary N) is 1. The molecule has 1 aliphatic rings. The number of carbonyl (C=O) groups is 2. The monoisotopic (exact) mass is 296 g/mol. The molecule has 1 saturated carbocycles. The lowest BCUT2D eigenvalue weighted by atomic mass is 9.96. The molecule has 2 unspecified atom stereocenters. The summed E-state index contributed by atoms with van der Waals surface area (Å²) >= 11 is 5.96. The van der Waals surface area contributed by atoms with Crippen molar-refractivity contribution in [3.05, 3.63) is 28.8 Å². The minimum absolute atomic E-state index is 0.127. The van der Waals surface area contributed by atoms with E-state index in [-0.39, 0.29) is 17.4 Å². The van der Waals surface area contributed by atoms with Crippen molar-refractivity contribution < 1.29 is 14.7 Å². The maximum Gasteiger partial charge on any atom is 0.306 e. The smallest absolute Gasteiger partial charge is 0.306 e. The highest BCUT2D eigenvalue weighted by Gasteiger charge is 2.32. The lowest BCUT2D eigenvalue weighted by molar-refractivity contribution is -0.142. The first kappa shape index (κ1) is 14.7. The number of anilines is 1. The van der Waals surface area contributed by atoms with E-state index in [0.717, 1.165) is 24.9 Å². The standard InChI is InChI=1S/C14H17ClN2O3/c15-12-6-9(4-5-11(12)13(16)18)17-7-8-2-1-3-10(8)14(19)20/h4-6,8,10,17H,1-3,7H2,(H2,16,18)(H,19,20). The first-order valence-electron chi connectivity index (χ1n) is 6.55. The number of benzene rings is 1. The zero-order valence-corrected chi connectivity index (χ0v) is 11.7. The van der Waals surface area contributed by atoms with Crippen LogP contribution in [-0.2, 0) is 4.79 Å². The zero-order valence-electron chi connectivity index (χ0n) is 10.9. The molecule has 1 aromatic rings. The molecule has 4 N–H and O–H groups in total. The molecule has 0 heterocycles. The normalized spacial score (nSPS) is 21.6. The summed E-state index contributed by atoms with van der Waals surface area (Å²) in [7, 11) is 0. The molecular formula is C14H17ClN2O3. The van der Waals surface area contributed by atoms with Crippen LogP contribution in [0.1, 0.15) is 29.6 Å². The first-order chi connectivity index (χ1) is 9.49.